The van der Waals surface area contributed by atoms with Crippen LogP contribution in [0.3, 0.4) is 0 Å². The van der Waals surface area contributed by atoms with Crippen molar-refractivity contribution in [3.05, 3.63) is 23.8 Å². The first-order chi connectivity index (χ1) is 5.63. The van der Waals surface area contributed by atoms with Crippen LogP contribution >= 0.6 is 0 Å². The van der Waals surface area contributed by atoms with Crippen LogP contribution in [0.4, 0.5) is 0 Å². The Hall–Kier alpha value is -1.38. The third-order valence-electron chi connectivity index (χ3n) is 1.35. The van der Waals surface area contributed by atoms with E-state index in [1.807, 2.05) is 26.8 Å². The summed E-state index contributed by atoms with van der Waals surface area (Å²) >= 11 is 0. The largest absolute Gasteiger partial charge is 0.222 e. The molecule has 0 radical (unpaired) electrons. The summed E-state index contributed by atoms with van der Waals surface area (Å²) in [5.41, 5.74) is 1.20. The molecule has 1 heterocycles. The Bertz CT molecular complexity index is 317. The first kappa shape index (κ1) is 8.71. The van der Waals surface area contributed by atoms with Gasteiger partial charge in [-0.3, -0.25) is 0 Å². The smallest absolute Gasteiger partial charge is 0.155 e. The zero-order valence-electron chi connectivity index (χ0n) is 7.70. The highest BCUT2D eigenvalue weighted by molar-refractivity contribution is 5.46. The highest BCUT2D eigenvalue weighted by Crippen LogP contribution is 2.04. The van der Waals surface area contributed by atoms with Gasteiger partial charge in [-0.15, -0.1) is 0 Å². The first-order valence-corrected chi connectivity index (χ1v) is 3.84. The van der Waals surface area contributed by atoms with E-state index in [1.54, 1.807) is 10.9 Å². The highest BCUT2D eigenvalue weighted by Gasteiger charge is 2.00. The highest BCUT2D eigenvalue weighted by atomic mass is 15.3. The van der Waals surface area contributed by atoms with Gasteiger partial charge in [-0.25, -0.2) is 9.67 Å². The molecule has 0 amide bonds. The molecule has 1 rings (SSSR count). The molecule has 1 aromatic heterocycles. The molecular formula is C9H13N3. The van der Waals surface area contributed by atoms with Crippen molar-refractivity contribution in [2.75, 3.05) is 0 Å². The Morgan fingerprint density at radius 3 is 2.67 bits per heavy atom. The summed E-state index contributed by atoms with van der Waals surface area (Å²) in [6, 6.07) is 0. The van der Waals surface area contributed by atoms with Crippen molar-refractivity contribution in [1.29, 1.82) is 0 Å². The predicted molar refractivity (Wildman–Crippen MR) is 50.5 cm³/mol. The van der Waals surface area contributed by atoms with Gasteiger partial charge < -0.3 is 0 Å². The molecular weight excluding hydrogens is 150 g/mol. The Morgan fingerprint density at radius 1 is 1.50 bits per heavy atom. The third kappa shape index (κ3) is 1.81. The van der Waals surface area contributed by atoms with Gasteiger partial charge in [0, 0.05) is 6.20 Å². The molecule has 0 saturated heterocycles. The summed E-state index contributed by atoms with van der Waals surface area (Å²) in [5, 5.41) is 4.13. The molecule has 0 aliphatic carbocycles. The van der Waals surface area contributed by atoms with Crippen LogP contribution in [-0.2, 0) is 0 Å². The molecule has 0 fully saturated rings. The van der Waals surface area contributed by atoms with Gasteiger partial charge in [-0.2, -0.15) is 5.10 Å². The Morgan fingerprint density at radius 2 is 2.17 bits per heavy atom. The van der Waals surface area contributed by atoms with Gasteiger partial charge in [-0.05, 0) is 26.8 Å². The summed E-state index contributed by atoms with van der Waals surface area (Å²) in [5.74, 6) is 1.60. The Balaban J connectivity index is 3.13. The van der Waals surface area contributed by atoms with Crippen LogP contribution in [0.15, 0.2) is 12.2 Å². The lowest BCUT2D eigenvalue weighted by Gasteiger charge is -1.93. The number of allylic oxidation sites excluding steroid dienone is 1. The van der Waals surface area contributed by atoms with Crippen molar-refractivity contribution < 1.29 is 0 Å². The summed E-state index contributed by atoms with van der Waals surface area (Å²) < 4.78 is 1.67. The van der Waals surface area contributed by atoms with Crippen LogP contribution in [0.5, 0.6) is 0 Å². The van der Waals surface area contributed by atoms with E-state index in [9.17, 15) is 0 Å². The second-order valence-corrected chi connectivity index (χ2v) is 2.87. The zero-order chi connectivity index (χ0) is 9.14. The second kappa shape index (κ2) is 3.34. The van der Waals surface area contributed by atoms with Crippen LogP contribution in [0.1, 0.15) is 25.5 Å². The van der Waals surface area contributed by atoms with Crippen LogP contribution in [0, 0.1) is 6.92 Å². The number of nitrogens with zero attached hydrogens (tertiary/aromatic N) is 3. The van der Waals surface area contributed by atoms with Crippen molar-refractivity contribution in [3.63, 3.8) is 0 Å². The molecule has 64 valence electrons. The van der Waals surface area contributed by atoms with Crippen molar-refractivity contribution in [1.82, 2.24) is 14.8 Å². The molecule has 0 N–H and O–H groups in total. The number of hydrogen-bond donors (Lipinski definition) is 0. The van der Waals surface area contributed by atoms with Gasteiger partial charge in [0.25, 0.3) is 0 Å². The van der Waals surface area contributed by atoms with Crippen molar-refractivity contribution in [2.45, 2.75) is 20.8 Å². The average Bonchev–Trinajstić information content (AvgIpc) is 2.29. The molecule has 0 saturated carbocycles. The SMILES string of the molecule is C=Cn1nc(C)nc1C=C(C)C. The van der Waals surface area contributed by atoms with Crippen molar-refractivity contribution in [2.24, 2.45) is 0 Å². The number of rotatable bonds is 2. The van der Waals surface area contributed by atoms with Gasteiger partial charge >= 0.3 is 0 Å². The third-order valence-corrected chi connectivity index (χ3v) is 1.35. The lowest BCUT2D eigenvalue weighted by atomic mass is 10.3. The number of aromatic nitrogens is 3. The fraction of sp³-hybridized carbons (Fsp3) is 0.333. The predicted octanol–water partition coefficient (Wildman–Crippen LogP) is 2.11. The first-order valence-electron chi connectivity index (χ1n) is 3.84. The molecule has 0 atom stereocenters. The molecule has 12 heavy (non-hydrogen) atoms. The van der Waals surface area contributed by atoms with Crippen LogP contribution in [-0.4, -0.2) is 14.8 Å². The van der Waals surface area contributed by atoms with Crippen LogP contribution in [0.2, 0.25) is 0 Å². The molecule has 0 aromatic carbocycles. The standard InChI is InChI=1S/C9H13N3/c1-5-12-9(6-7(2)3)10-8(4)11-12/h5-6H,1H2,2-4H3. The van der Waals surface area contributed by atoms with Crippen molar-refractivity contribution in [3.8, 4) is 0 Å². The van der Waals surface area contributed by atoms with E-state index in [-0.39, 0.29) is 0 Å². The maximum Gasteiger partial charge on any atom is 0.155 e. The molecule has 3 heteroatoms. The molecule has 0 spiro atoms. The lowest BCUT2D eigenvalue weighted by molar-refractivity contribution is 0.904. The fourth-order valence-electron chi connectivity index (χ4n) is 0.937. The summed E-state index contributed by atoms with van der Waals surface area (Å²) in [6.45, 7) is 9.56. The van der Waals surface area contributed by atoms with E-state index in [2.05, 4.69) is 16.7 Å². The molecule has 1 aromatic rings. The molecule has 0 aliphatic heterocycles. The zero-order valence-corrected chi connectivity index (χ0v) is 7.70. The van der Waals surface area contributed by atoms with Gasteiger partial charge in [-0.1, -0.05) is 12.2 Å². The van der Waals surface area contributed by atoms with Gasteiger partial charge in [0.1, 0.15) is 5.82 Å². The quantitative estimate of drug-likeness (QED) is 0.668. The normalized spacial score (nSPS) is 9.58. The van der Waals surface area contributed by atoms with E-state index >= 15 is 0 Å². The minimum Gasteiger partial charge on any atom is -0.222 e. The maximum absolute atomic E-state index is 4.23. The minimum absolute atomic E-state index is 0.766. The lowest BCUT2D eigenvalue weighted by Crippen LogP contribution is -1.91. The van der Waals surface area contributed by atoms with Crippen LogP contribution in [0.25, 0.3) is 12.3 Å². The number of aryl methyl sites for hydroxylation is 1. The minimum atomic E-state index is 0.766. The van der Waals surface area contributed by atoms with E-state index in [1.165, 1.54) is 5.57 Å². The maximum atomic E-state index is 4.23. The van der Waals surface area contributed by atoms with E-state index < -0.39 is 0 Å². The van der Waals surface area contributed by atoms with E-state index in [0.29, 0.717) is 0 Å². The molecule has 0 aliphatic rings. The average molecular weight is 163 g/mol. The summed E-state index contributed by atoms with van der Waals surface area (Å²) in [6.07, 6.45) is 3.62. The fourth-order valence-corrected chi connectivity index (χ4v) is 0.937. The summed E-state index contributed by atoms with van der Waals surface area (Å²) in [4.78, 5) is 4.23. The number of hydrogen-bond acceptors (Lipinski definition) is 2. The van der Waals surface area contributed by atoms with Gasteiger partial charge in [0.15, 0.2) is 5.82 Å². The van der Waals surface area contributed by atoms with E-state index in [4.69, 9.17) is 0 Å². The van der Waals surface area contributed by atoms with Gasteiger partial charge in [0.05, 0.1) is 0 Å². The van der Waals surface area contributed by atoms with Crippen LogP contribution < -0.4 is 0 Å². The molecule has 3 nitrogen and oxygen atoms in total. The Kier molecular flexibility index (Phi) is 2.43. The Labute approximate surface area is 72.4 Å². The van der Waals surface area contributed by atoms with Gasteiger partial charge in [0.2, 0.25) is 0 Å². The second-order valence-electron chi connectivity index (χ2n) is 2.87. The molecule has 0 unspecified atom stereocenters. The van der Waals surface area contributed by atoms with Crippen molar-refractivity contribution >= 4 is 12.3 Å². The molecule has 0 bridgehead atoms. The summed E-state index contributed by atoms with van der Waals surface area (Å²) in [7, 11) is 0. The topological polar surface area (TPSA) is 30.7 Å². The van der Waals surface area contributed by atoms with E-state index in [0.717, 1.165) is 11.6 Å². The monoisotopic (exact) mass is 163 g/mol.